The first-order chi connectivity index (χ1) is 28.2. The summed E-state index contributed by atoms with van der Waals surface area (Å²) in [5.41, 5.74) is 4.47. The van der Waals surface area contributed by atoms with Gasteiger partial charge >= 0.3 is 0 Å². The Balaban J connectivity index is 0.728. The van der Waals surface area contributed by atoms with Gasteiger partial charge in [-0.15, -0.1) is 0 Å². The molecular formula is C44H54N10O4. The molecule has 4 saturated heterocycles. The molecular weight excluding hydrogens is 733 g/mol. The fourth-order valence-electron chi connectivity index (χ4n) is 10.0. The normalized spacial score (nSPS) is 21.7. The van der Waals surface area contributed by atoms with Crippen molar-refractivity contribution in [3.8, 4) is 0 Å². The van der Waals surface area contributed by atoms with E-state index in [4.69, 9.17) is 9.97 Å². The smallest absolute Gasteiger partial charge is 0.263 e. The number of hydrogen-bond acceptors (Lipinski definition) is 12. The maximum atomic E-state index is 13.6. The van der Waals surface area contributed by atoms with Crippen LogP contribution in [0.4, 0.5) is 23.1 Å². The van der Waals surface area contributed by atoms with Gasteiger partial charge in [0.2, 0.25) is 17.8 Å². The molecule has 9 rings (SSSR count). The Bertz CT molecular complexity index is 2230. The van der Waals surface area contributed by atoms with Crippen molar-refractivity contribution in [3.05, 3.63) is 75.8 Å². The van der Waals surface area contributed by atoms with Gasteiger partial charge in [0.15, 0.2) is 5.78 Å². The number of piperidine rings is 2. The van der Waals surface area contributed by atoms with E-state index in [9.17, 15) is 19.2 Å². The van der Waals surface area contributed by atoms with Crippen LogP contribution < -0.4 is 26.0 Å². The highest BCUT2D eigenvalue weighted by Crippen LogP contribution is 2.33. The second-order valence-corrected chi connectivity index (χ2v) is 17.0. The first-order valence-corrected chi connectivity index (χ1v) is 21.2. The zero-order valence-electron chi connectivity index (χ0n) is 33.7. The van der Waals surface area contributed by atoms with E-state index in [1.54, 1.807) is 17.7 Å². The predicted octanol–water partition coefficient (Wildman–Crippen LogP) is 4.80. The number of likely N-dealkylation sites (tertiary alicyclic amines) is 1. The Morgan fingerprint density at radius 3 is 2.19 bits per heavy atom. The summed E-state index contributed by atoms with van der Waals surface area (Å²) in [5, 5.41) is 6.44. The van der Waals surface area contributed by atoms with Crippen LogP contribution in [0.15, 0.2) is 53.6 Å². The molecule has 2 amide bonds. The van der Waals surface area contributed by atoms with Gasteiger partial charge in [-0.05, 0) is 87.3 Å². The van der Waals surface area contributed by atoms with E-state index in [0.717, 1.165) is 101 Å². The molecule has 5 fully saturated rings. The average Bonchev–Trinajstić information content (AvgIpc) is 3.74. The molecule has 0 radical (unpaired) electrons. The number of carbonyl (C=O) groups excluding carboxylic acids is 3. The molecule has 58 heavy (non-hydrogen) atoms. The Morgan fingerprint density at radius 1 is 0.810 bits per heavy atom. The SMILES string of the molecule is CC(=O)c1c(C)c2cnc(Nc3ccc(N4CCN(C5CN(CC6CCN(c7ccc(C8CCC(=O)NC8=O)cc7)CC6)C5)CC4)cn3)nc2n(C2CCCC2)c1=O. The number of anilines is 4. The number of imide groups is 1. The number of aromatic nitrogens is 4. The van der Waals surface area contributed by atoms with Crippen molar-refractivity contribution in [2.24, 2.45) is 5.92 Å². The first-order valence-electron chi connectivity index (χ1n) is 21.2. The predicted molar refractivity (Wildman–Crippen MR) is 224 cm³/mol. The highest BCUT2D eigenvalue weighted by atomic mass is 16.2. The minimum atomic E-state index is -0.255. The molecule has 4 aliphatic heterocycles. The van der Waals surface area contributed by atoms with Gasteiger partial charge in [-0.2, -0.15) is 4.98 Å². The standard InChI is InChI=1S/C44H54N10O4/c1-28-37-24-46-44(49-41(37)54(33-5-3-4-6-33)43(58)40(28)29(2)55)47-38-13-11-34(23-45-38)52-19-21-53(22-20-52)35-26-50(27-35)25-30-15-17-51(18-16-30)32-9-7-31(8-10-32)36-12-14-39(56)48-42(36)57/h7-11,13,23-24,30,33,35-36H,3-6,12,14-22,25-27H2,1-2H3,(H,48,56,57)(H,45,46,47,49). The van der Waals surface area contributed by atoms with Crippen molar-refractivity contribution < 1.29 is 14.4 Å². The summed E-state index contributed by atoms with van der Waals surface area (Å²) in [7, 11) is 0. The number of ketones is 1. The number of benzene rings is 1. The second kappa shape index (κ2) is 16.2. The van der Waals surface area contributed by atoms with Crippen LogP contribution in [-0.2, 0) is 9.59 Å². The molecule has 3 aromatic heterocycles. The summed E-state index contributed by atoms with van der Waals surface area (Å²) in [6.07, 6.45) is 10.9. The topological polar surface area (TPSA) is 149 Å². The van der Waals surface area contributed by atoms with Crippen molar-refractivity contribution in [2.75, 3.05) is 74.0 Å². The molecule has 1 aromatic carbocycles. The van der Waals surface area contributed by atoms with E-state index >= 15 is 0 Å². The molecule has 4 aromatic rings. The molecule has 0 spiro atoms. The second-order valence-electron chi connectivity index (χ2n) is 17.0. The number of nitrogens with one attached hydrogen (secondary N) is 2. The van der Waals surface area contributed by atoms with Crippen molar-refractivity contribution in [1.82, 2.24) is 34.6 Å². The van der Waals surface area contributed by atoms with Gasteiger partial charge in [0.1, 0.15) is 11.5 Å². The summed E-state index contributed by atoms with van der Waals surface area (Å²) in [5.74, 6) is 0.913. The van der Waals surface area contributed by atoms with Crippen LogP contribution in [0.25, 0.3) is 11.0 Å². The van der Waals surface area contributed by atoms with Gasteiger partial charge in [-0.25, -0.2) is 9.97 Å². The molecule has 1 aliphatic carbocycles. The summed E-state index contributed by atoms with van der Waals surface area (Å²) in [6, 6.07) is 13.1. The molecule has 2 N–H and O–H groups in total. The number of fused-ring (bicyclic) bond motifs is 1. The first kappa shape index (κ1) is 38.3. The van der Waals surface area contributed by atoms with Crippen LogP contribution in [0.3, 0.4) is 0 Å². The van der Waals surface area contributed by atoms with Gasteiger partial charge in [0, 0.05) is 94.7 Å². The maximum absolute atomic E-state index is 13.6. The van der Waals surface area contributed by atoms with Crippen LogP contribution in [0.1, 0.15) is 91.7 Å². The van der Waals surface area contributed by atoms with Gasteiger partial charge in [-0.3, -0.25) is 38.9 Å². The van der Waals surface area contributed by atoms with Crippen LogP contribution in [0.2, 0.25) is 0 Å². The summed E-state index contributed by atoms with van der Waals surface area (Å²) < 4.78 is 1.73. The third-order valence-electron chi connectivity index (χ3n) is 13.4. The van der Waals surface area contributed by atoms with Gasteiger partial charge < -0.3 is 15.1 Å². The van der Waals surface area contributed by atoms with E-state index in [1.807, 2.05) is 12.3 Å². The number of amides is 2. The summed E-state index contributed by atoms with van der Waals surface area (Å²) in [6.45, 7) is 12.8. The van der Waals surface area contributed by atoms with E-state index in [2.05, 4.69) is 65.5 Å². The minimum absolute atomic E-state index is 0.0283. The van der Waals surface area contributed by atoms with E-state index in [1.165, 1.54) is 32.0 Å². The van der Waals surface area contributed by atoms with Crippen molar-refractivity contribution in [1.29, 1.82) is 0 Å². The quantitative estimate of drug-likeness (QED) is 0.168. The van der Waals surface area contributed by atoms with E-state index < -0.39 is 0 Å². The Labute approximate surface area is 339 Å². The zero-order chi connectivity index (χ0) is 39.9. The number of aryl methyl sites for hydroxylation is 1. The van der Waals surface area contributed by atoms with Crippen molar-refractivity contribution >= 4 is 51.8 Å². The zero-order valence-corrected chi connectivity index (χ0v) is 33.7. The van der Waals surface area contributed by atoms with E-state index in [0.29, 0.717) is 41.9 Å². The molecule has 7 heterocycles. The van der Waals surface area contributed by atoms with Crippen molar-refractivity contribution in [2.45, 2.75) is 83.2 Å². The molecule has 14 nitrogen and oxygen atoms in total. The van der Waals surface area contributed by atoms with Crippen molar-refractivity contribution in [3.63, 3.8) is 0 Å². The lowest BCUT2D eigenvalue weighted by atomic mass is 9.90. The van der Waals surface area contributed by atoms with E-state index in [-0.39, 0.29) is 40.7 Å². The molecule has 5 aliphatic rings. The summed E-state index contributed by atoms with van der Waals surface area (Å²) in [4.78, 5) is 74.1. The highest BCUT2D eigenvalue weighted by molar-refractivity contribution is 6.01. The molecule has 1 unspecified atom stereocenters. The third-order valence-corrected chi connectivity index (χ3v) is 13.4. The van der Waals surface area contributed by atoms with Crippen LogP contribution >= 0.6 is 0 Å². The monoisotopic (exact) mass is 786 g/mol. The van der Waals surface area contributed by atoms with Crippen LogP contribution in [-0.4, -0.2) is 112 Å². The van der Waals surface area contributed by atoms with Gasteiger partial charge in [0.05, 0.1) is 23.4 Å². The van der Waals surface area contributed by atoms with Gasteiger partial charge in [-0.1, -0.05) is 25.0 Å². The number of rotatable bonds is 10. The molecule has 1 saturated carbocycles. The largest absolute Gasteiger partial charge is 0.372 e. The number of piperazine rings is 1. The Kier molecular flexibility index (Phi) is 10.7. The number of Topliss-reactive ketones (excluding diaryl/α,β-unsaturated/α-hetero) is 1. The number of carbonyl (C=O) groups is 3. The molecule has 304 valence electrons. The van der Waals surface area contributed by atoms with Crippen LogP contribution in [0.5, 0.6) is 0 Å². The number of hydrogen-bond donors (Lipinski definition) is 2. The average molecular weight is 787 g/mol. The van der Waals surface area contributed by atoms with Crippen LogP contribution in [0, 0.1) is 12.8 Å². The Hall–Kier alpha value is -5.21. The lowest BCUT2D eigenvalue weighted by Crippen LogP contribution is -2.63. The molecule has 0 bridgehead atoms. The third kappa shape index (κ3) is 7.71. The number of pyridine rings is 2. The minimum Gasteiger partial charge on any atom is -0.372 e. The highest BCUT2D eigenvalue weighted by Gasteiger charge is 2.35. The van der Waals surface area contributed by atoms with Gasteiger partial charge in [0.25, 0.3) is 5.56 Å². The maximum Gasteiger partial charge on any atom is 0.263 e. The lowest BCUT2D eigenvalue weighted by Gasteiger charge is -2.49. The number of nitrogens with zero attached hydrogens (tertiary/aromatic N) is 8. The fourth-order valence-corrected chi connectivity index (χ4v) is 10.0. The Morgan fingerprint density at radius 2 is 1.52 bits per heavy atom. The fraction of sp³-hybridized carbons (Fsp3) is 0.523. The lowest BCUT2D eigenvalue weighted by molar-refractivity contribution is -0.134. The molecule has 14 heteroatoms. The summed E-state index contributed by atoms with van der Waals surface area (Å²) >= 11 is 0. The molecule has 1 atom stereocenters.